The van der Waals surface area contributed by atoms with Crippen LogP contribution in [-0.2, 0) is 4.79 Å². The van der Waals surface area contributed by atoms with Crippen LogP contribution in [0.4, 0.5) is 11.5 Å². The molecule has 6 heteroatoms. The van der Waals surface area contributed by atoms with Gasteiger partial charge in [0.05, 0.1) is 16.4 Å². The molecule has 1 aromatic heterocycles. The highest BCUT2D eigenvalue weighted by Crippen LogP contribution is 2.22. The van der Waals surface area contributed by atoms with Crippen LogP contribution in [0.5, 0.6) is 0 Å². The number of anilines is 2. The highest BCUT2D eigenvalue weighted by Gasteiger charge is 2.19. The summed E-state index contributed by atoms with van der Waals surface area (Å²) in [7, 11) is 0. The molecule has 1 unspecified atom stereocenters. The van der Waals surface area contributed by atoms with E-state index in [2.05, 4.69) is 26.2 Å². The van der Waals surface area contributed by atoms with E-state index in [4.69, 9.17) is 5.73 Å². The van der Waals surface area contributed by atoms with E-state index >= 15 is 0 Å². The smallest absolute Gasteiger partial charge is 0.244 e. The van der Waals surface area contributed by atoms with Crippen LogP contribution in [0.25, 0.3) is 0 Å². The first kappa shape index (κ1) is 14.8. The minimum Gasteiger partial charge on any atom is -0.397 e. The van der Waals surface area contributed by atoms with Crippen LogP contribution >= 0.6 is 15.9 Å². The van der Waals surface area contributed by atoms with Gasteiger partial charge in [0, 0.05) is 13.1 Å². The van der Waals surface area contributed by atoms with Crippen molar-refractivity contribution in [1.82, 2.24) is 9.88 Å². The third-order valence-electron chi connectivity index (χ3n) is 2.66. The number of likely N-dealkylation sites (N-methyl/N-ethyl adjacent to an activating group) is 1. The summed E-state index contributed by atoms with van der Waals surface area (Å²) in [6.07, 6.45) is 1.56. The maximum Gasteiger partial charge on any atom is 0.244 e. The van der Waals surface area contributed by atoms with Gasteiger partial charge in [0.25, 0.3) is 0 Å². The van der Waals surface area contributed by atoms with Crippen LogP contribution in [0.2, 0.25) is 0 Å². The number of hydrogen-bond donors (Lipinski definition) is 2. The van der Waals surface area contributed by atoms with Crippen molar-refractivity contribution in [3.05, 3.63) is 16.7 Å². The number of nitrogens with two attached hydrogens (primary N) is 1. The zero-order valence-corrected chi connectivity index (χ0v) is 12.5. The van der Waals surface area contributed by atoms with Gasteiger partial charge in [-0.25, -0.2) is 4.98 Å². The number of carbonyl (C=O) groups is 1. The van der Waals surface area contributed by atoms with E-state index in [1.54, 1.807) is 17.2 Å². The Morgan fingerprint density at radius 1 is 1.56 bits per heavy atom. The number of nitrogen functional groups attached to an aromatic ring is 1. The molecule has 0 saturated heterocycles. The largest absolute Gasteiger partial charge is 0.397 e. The topological polar surface area (TPSA) is 71.2 Å². The van der Waals surface area contributed by atoms with E-state index in [0.717, 1.165) is 4.47 Å². The van der Waals surface area contributed by atoms with Crippen molar-refractivity contribution in [2.45, 2.75) is 26.8 Å². The summed E-state index contributed by atoms with van der Waals surface area (Å²) < 4.78 is 0.752. The van der Waals surface area contributed by atoms with Gasteiger partial charge in [-0.1, -0.05) is 0 Å². The van der Waals surface area contributed by atoms with Crippen molar-refractivity contribution < 1.29 is 4.79 Å². The van der Waals surface area contributed by atoms with E-state index in [-0.39, 0.29) is 11.9 Å². The second-order valence-corrected chi connectivity index (χ2v) is 4.83. The number of nitrogens with one attached hydrogen (secondary N) is 1. The molecular weight excluding hydrogens is 296 g/mol. The molecule has 3 N–H and O–H groups in total. The van der Waals surface area contributed by atoms with Crippen molar-refractivity contribution in [2.24, 2.45) is 0 Å². The quantitative estimate of drug-likeness (QED) is 0.873. The van der Waals surface area contributed by atoms with Gasteiger partial charge in [-0.05, 0) is 42.8 Å². The Balaban J connectivity index is 2.75. The van der Waals surface area contributed by atoms with Gasteiger partial charge in [-0.2, -0.15) is 0 Å². The Kier molecular flexibility index (Phi) is 5.40. The van der Waals surface area contributed by atoms with Crippen LogP contribution in [0.1, 0.15) is 20.8 Å². The predicted octanol–water partition coefficient (Wildman–Crippen LogP) is 2.10. The van der Waals surface area contributed by atoms with Gasteiger partial charge < -0.3 is 16.0 Å². The Bertz CT molecular complexity index is 421. The van der Waals surface area contributed by atoms with Crippen molar-refractivity contribution in [3.63, 3.8) is 0 Å². The fourth-order valence-electron chi connectivity index (χ4n) is 1.63. The fourth-order valence-corrected chi connectivity index (χ4v) is 2.12. The van der Waals surface area contributed by atoms with Crippen molar-refractivity contribution >= 4 is 33.3 Å². The molecule has 0 aliphatic rings. The lowest BCUT2D eigenvalue weighted by molar-refractivity contribution is -0.131. The maximum atomic E-state index is 12.1. The van der Waals surface area contributed by atoms with E-state index in [1.165, 1.54) is 0 Å². The highest BCUT2D eigenvalue weighted by atomic mass is 79.9. The molecule has 1 aromatic rings. The fraction of sp³-hybridized carbons (Fsp3) is 0.500. The second-order valence-electron chi connectivity index (χ2n) is 3.98. The SMILES string of the molecule is CCN(CC)C(=O)C(C)Nc1ncc(N)cc1Br. The number of hydrogen-bond acceptors (Lipinski definition) is 4. The monoisotopic (exact) mass is 314 g/mol. The zero-order chi connectivity index (χ0) is 13.7. The third-order valence-corrected chi connectivity index (χ3v) is 3.27. The number of aromatic nitrogens is 1. The molecule has 0 aromatic carbocycles. The first-order valence-corrected chi connectivity index (χ1v) is 6.75. The normalized spacial score (nSPS) is 12.0. The lowest BCUT2D eigenvalue weighted by atomic mass is 10.2. The number of rotatable bonds is 5. The van der Waals surface area contributed by atoms with Crippen LogP contribution in [0.3, 0.4) is 0 Å². The Hall–Kier alpha value is -1.30. The molecule has 100 valence electrons. The molecule has 18 heavy (non-hydrogen) atoms. The summed E-state index contributed by atoms with van der Waals surface area (Å²) in [4.78, 5) is 18.0. The summed E-state index contributed by atoms with van der Waals surface area (Å²) in [5.41, 5.74) is 6.19. The summed E-state index contributed by atoms with van der Waals surface area (Å²) in [6, 6.07) is 1.43. The average Bonchev–Trinajstić information content (AvgIpc) is 2.34. The summed E-state index contributed by atoms with van der Waals surface area (Å²) in [5, 5.41) is 3.08. The molecule has 0 radical (unpaired) electrons. The minimum absolute atomic E-state index is 0.0607. The first-order valence-electron chi connectivity index (χ1n) is 5.95. The molecule has 1 amide bonds. The molecule has 1 rings (SSSR count). The van der Waals surface area contributed by atoms with Crippen molar-refractivity contribution in [2.75, 3.05) is 24.1 Å². The Morgan fingerprint density at radius 3 is 2.67 bits per heavy atom. The number of halogens is 1. The van der Waals surface area contributed by atoms with Gasteiger partial charge in [-0.3, -0.25) is 4.79 Å². The average molecular weight is 315 g/mol. The maximum absolute atomic E-state index is 12.1. The Morgan fingerprint density at radius 2 is 2.17 bits per heavy atom. The van der Waals surface area contributed by atoms with Gasteiger partial charge in [0.2, 0.25) is 5.91 Å². The molecule has 0 aliphatic carbocycles. The summed E-state index contributed by atoms with van der Waals surface area (Å²) >= 11 is 3.37. The lowest BCUT2D eigenvalue weighted by Gasteiger charge is -2.24. The molecule has 1 heterocycles. The van der Waals surface area contributed by atoms with Crippen molar-refractivity contribution in [3.8, 4) is 0 Å². The van der Waals surface area contributed by atoms with Crippen LogP contribution in [0.15, 0.2) is 16.7 Å². The molecule has 1 atom stereocenters. The molecular formula is C12H19BrN4O. The summed E-state index contributed by atoms with van der Waals surface area (Å²) in [5.74, 6) is 0.683. The molecule has 0 aliphatic heterocycles. The van der Waals surface area contributed by atoms with E-state index < -0.39 is 0 Å². The molecule has 0 fully saturated rings. The molecule has 0 spiro atoms. The standard InChI is InChI=1S/C12H19BrN4O/c1-4-17(5-2)12(18)8(3)16-11-10(13)6-9(14)7-15-11/h6-8H,4-5,14H2,1-3H3,(H,15,16). The minimum atomic E-state index is -0.322. The zero-order valence-electron chi connectivity index (χ0n) is 10.9. The number of pyridine rings is 1. The number of carbonyl (C=O) groups excluding carboxylic acids is 1. The van der Waals surface area contributed by atoms with Gasteiger partial charge in [0.15, 0.2) is 0 Å². The lowest BCUT2D eigenvalue weighted by Crippen LogP contribution is -2.41. The van der Waals surface area contributed by atoms with E-state index in [0.29, 0.717) is 24.6 Å². The number of amides is 1. The van der Waals surface area contributed by atoms with Crippen LogP contribution < -0.4 is 11.1 Å². The third kappa shape index (κ3) is 3.60. The molecule has 0 saturated carbocycles. The predicted molar refractivity (Wildman–Crippen MR) is 77.4 cm³/mol. The van der Waals surface area contributed by atoms with Crippen molar-refractivity contribution in [1.29, 1.82) is 0 Å². The van der Waals surface area contributed by atoms with E-state index in [9.17, 15) is 4.79 Å². The van der Waals surface area contributed by atoms with E-state index in [1.807, 2.05) is 20.8 Å². The summed E-state index contributed by atoms with van der Waals surface area (Å²) in [6.45, 7) is 7.16. The Labute approximate surface area is 116 Å². The highest BCUT2D eigenvalue weighted by molar-refractivity contribution is 9.10. The first-order chi connectivity index (χ1) is 8.49. The molecule has 5 nitrogen and oxygen atoms in total. The number of nitrogens with zero attached hydrogens (tertiary/aromatic N) is 2. The van der Waals surface area contributed by atoms with Gasteiger partial charge in [0.1, 0.15) is 11.9 Å². The second kappa shape index (κ2) is 6.58. The molecule has 0 bridgehead atoms. The van der Waals surface area contributed by atoms with Gasteiger partial charge >= 0.3 is 0 Å². The van der Waals surface area contributed by atoms with Gasteiger partial charge in [-0.15, -0.1) is 0 Å². The van der Waals surface area contributed by atoms with Crippen LogP contribution in [-0.4, -0.2) is 34.9 Å². The van der Waals surface area contributed by atoms with Crippen LogP contribution in [0, 0.1) is 0 Å².